The van der Waals surface area contributed by atoms with Crippen LogP contribution in [0.1, 0.15) is 16.1 Å². The number of fused-ring (bicyclic) bond motifs is 1. The van der Waals surface area contributed by atoms with E-state index in [9.17, 15) is 4.79 Å². The molecule has 0 spiro atoms. The van der Waals surface area contributed by atoms with Crippen LogP contribution in [0.15, 0.2) is 6.20 Å². The van der Waals surface area contributed by atoms with E-state index in [1.807, 2.05) is 7.05 Å². The zero-order valence-electron chi connectivity index (χ0n) is 9.44. The zero-order chi connectivity index (χ0) is 11.5. The van der Waals surface area contributed by atoms with Gasteiger partial charge < -0.3 is 11.1 Å². The molecule has 1 aromatic rings. The van der Waals surface area contributed by atoms with Gasteiger partial charge in [-0.05, 0) is 7.05 Å². The minimum absolute atomic E-state index is 0.00460. The lowest BCUT2D eigenvalue weighted by Gasteiger charge is -2.14. The van der Waals surface area contributed by atoms with Crippen LogP contribution in [-0.2, 0) is 13.1 Å². The van der Waals surface area contributed by atoms with Gasteiger partial charge in [-0.3, -0.25) is 9.69 Å². The third-order valence-electron chi connectivity index (χ3n) is 2.81. The van der Waals surface area contributed by atoms with E-state index in [0.717, 1.165) is 37.4 Å². The van der Waals surface area contributed by atoms with Gasteiger partial charge in [-0.25, -0.2) is 4.68 Å². The molecule has 16 heavy (non-hydrogen) atoms. The Labute approximate surface area is 94.4 Å². The van der Waals surface area contributed by atoms with E-state index in [1.54, 1.807) is 6.20 Å². The van der Waals surface area contributed by atoms with Crippen molar-refractivity contribution >= 4 is 5.91 Å². The van der Waals surface area contributed by atoms with Crippen molar-refractivity contribution < 1.29 is 4.79 Å². The topological polar surface area (TPSA) is 76.2 Å². The van der Waals surface area contributed by atoms with Gasteiger partial charge in [0.25, 0.3) is 5.91 Å². The van der Waals surface area contributed by atoms with Gasteiger partial charge in [0.1, 0.15) is 0 Å². The van der Waals surface area contributed by atoms with Crippen LogP contribution in [-0.4, -0.2) is 47.3 Å². The number of carbonyl (C=O) groups is 1. The minimum atomic E-state index is -0.142. The van der Waals surface area contributed by atoms with Crippen molar-refractivity contribution in [2.45, 2.75) is 13.1 Å². The monoisotopic (exact) mass is 223 g/mol. The highest BCUT2D eigenvalue weighted by atomic mass is 16.2. The van der Waals surface area contributed by atoms with E-state index in [-0.39, 0.29) is 12.5 Å². The highest BCUT2D eigenvalue weighted by Crippen LogP contribution is 2.21. The maximum Gasteiger partial charge on any atom is 0.260 e. The van der Waals surface area contributed by atoms with Gasteiger partial charge in [-0.15, -0.1) is 0 Å². The minimum Gasteiger partial charge on any atom is -0.322 e. The fraction of sp³-hybridized carbons (Fsp3) is 0.600. The Morgan fingerprint density at radius 2 is 2.44 bits per heavy atom. The molecule has 2 heterocycles. The fourth-order valence-electron chi connectivity index (χ4n) is 1.95. The molecule has 0 saturated carbocycles. The average Bonchev–Trinajstić information content (AvgIpc) is 2.84. The van der Waals surface area contributed by atoms with Crippen LogP contribution in [0.3, 0.4) is 0 Å². The molecule has 3 N–H and O–H groups in total. The Balaban J connectivity index is 2.07. The van der Waals surface area contributed by atoms with Gasteiger partial charge >= 0.3 is 0 Å². The van der Waals surface area contributed by atoms with Crippen LogP contribution >= 0.6 is 0 Å². The Morgan fingerprint density at radius 3 is 3.12 bits per heavy atom. The predicted molar refractivity (Wildman–Crippen MR) is 59.9 cm³/mol. The molecular formula is C10H17N5O. The Hall–Kier alpha value is -1.24. The second-order valence-electron chi connectivity index (χ2n) is 3.94. The predicted octanol–water partition coefficient (Wildman–Crippen LogP) is -0.983. The first-order valence-corrected chi connectivity index (χ1v) is 5.42. The largest absolute Gasteiger partial charge is 0.322 e. The third-order valence-corrected chi connectivity index (χ3v) is 2.81. The molecule has 6 nitrogen and oxygen atoms in total. The van der Waals surface area contributed by atoms with Gasteiger partial charge in [0, 0.05) is 31.7 Å². The number of hydrogen-bond acceptors (Lipinski definition) is 5. The van der Waals surface area contributed by atoms with Crippen molar-refractivity contribution in [3.05, 3.63) is 17.5 Å². The number of likely N-dealkylation sites (N-methyl/N-ethyl adjacent to an activating group) is 1. The van der Waals surface area contributed by atoms with Gasteiger partial charge in [0.2, 0.25) is 0 Å². The molecule has 0 saturated heterocycles. The van der Waals surface area contributed by atoms with Crippen LogP contribution in [0.25, 0.3) is 0 Å². The Kier molecular flexibility index (Phi) is 3.33. The molecule has 0 amide bonds. The Morgan fingerprint density at radius 1 is 1.62 bits per heavy atom. The lowest BCUT2D eigenvalue weighted by Crippen LogP contribution is -2.28. The third kappa shape index (κ3) is 1.99. The van der Waals surface area contributed by atoms with Crippen LogP contribution < -0.4 is 11.1 Å². The number of nitrogens with zero attached hydrogens (tertiary/aromatic N) is 3. The number of aromatic nitrogens is 2. The standard InChI is InChI=1S/C10H17N5O/c1-12-2-3-14-6-8-5-13-15(9(8)7-14)10(16)4-11/h5,12H,2-4,6-7,11H2,1H3. The normalized spacial score (nSPS) is 15.4. The van der Waals surface area contributed by atoms with Crippen molar-refractivity contribution in [3.8, 4) is 0 Å². The fourth-order valence-corrected chi connectivity index (χ4v) is 1.95. The van der Waals surface area contributed by atoms with Gasteiger partial charge in [0.15, 0.2) is 0 Å². The van der Waals surface area contributed by atoms with E-state index < -0.39 is 0 Å². The van der Waals surface area contributed by atoms with Crippen LogP contribution in [0.4, 0.5) is 0 Å². The second-order valence-corrected chi connectivity index (χ2v) is 3.94. The summed E-state index contributed by atoms with van der Waals surface area (Å²) in [6.45, 7) is 3.58. The van der Waals surface area contributed by atoms with Crippen molar-refractivity contribution in [2.24, 2.45) is 5.73 Å². The first kappa shape index (κ1) is 11.3. The summed E-state index contributed by atoms with van der Waals surface area (Å²) in [5.74, 6) is -0.142. The lowest BCUT2D eigenvalue weighted by atomic mass is 10.3. The van der Waals surface area contributed by atoms with Gasteiger partial charge in [0.05, 0.1) is 18.4 Å². The van der Waals surface area contributed by atoms with E-state index in [4.69, 9.17) is 5.73 Å². The molecular weight excluding hydrogens is 206 g/mol. The molecule has 88 valence electrons. The SMILES string of the molecule is CNCCN1Cc2cnn(C(=O)CN)c2C1. The van der Waals surface area contributed by atoms with Crippen molar-refractivity contribution in [1.29, 1.82) is 0 Å². The second kappa shape index (κ2) is 4.73. The molecule has 0 aliphatic carbocycles. The smallest absolute Gasteiger partial charge is 0.260 e. The summed E-state index contributed by atoms with van der Waals surface area (Å²) in [4.78, 5) is 13.8. The Bertz CT molecular complexity index is 387. The molecule has 1 aliphatic heterocycles. The number of carbonyl (C=O) groups excluding carboxylic acids is 1. The average molecular weight is 223 g/mol. The summed E-state index contributed by atoms with van der Waals surface area (Å²) >= 11 is 0. The van der Waals surface area contributed by atoms with E-state index >= 15 is 0 Å². The number of rotatable bonds is 4. The first-order valence-electron chi connectivity index (χ1n) is 5.42. The van der Waals surface area contributed by atoms with Crippen molar-refractivity contribution in [1.82, 2.24) is 20.0 Å². The van der Waals surface area contributed by atoms with Crippen LogP contribution in [0.2, 0.25) is 0 Å². The highest BCUT2D eigenvalue weighted by Gasteiger charge is 2.24. The van der Waals surface area contributed by atoms with Crippen molar-refractivity contribution in [3.63, 3.8) is 0 Å². The van der Waals surface area contributed by atoms with Crippen LogP contribution in [0, 0.1) is 0 Å². The summed E-state index contributed by atoms with van der Waals surface area (Å²) in [6, 6.07) is 0. The quantitative estimate of drug-likeness (QED) is 0.686. The lowest BCUT2D eigenvalue weighted by molar-refractivity contribution is 0.0902. The van der Waals surface area contributed by atoms with Crippen LogP contribution in [0.5, 0.6) is 0 Å². The number of nitrogens with two attached hydrogens (primary N) is 1. The molecule has 0 unspecified atom stereocenters. The van der Waals surface area contributed by atoms with Gasteiger partial charge in [-0.1, -0.05) is 0 Å². The van der Waals surface area contributed by atoms with Crippen molar-refractivity contribution in [2.75, 3.05) is 26.7 Å². The molecule has 2 rings (SSSR count). The number of nitrogens with one attached hydrogen (secondary N) is 1. The zero-order valence-corrected chi connectivity index (χ0v) is 9.44. The van der Waals surface area contributed by atoms with E-state index in [0.29, 0.717) is 0 Å². The van der Waals surface area contributed by atoms with Gasteiger partial charge in [-0.2, -0.15) is 5.10 Å². The summed E-state index contributed by atoms with van der Waals surface area (Å²) in [5, 5.41) is 7.18. The first-order chi connectivity index (χ1) is 7.76. The molecule has 0 fully saturated rings. The molecule has 1 aliphatic rings. The van der Waals surface area contributed by atoms with E-state index in [1.165, 1.54) is 4.68 Å². The molecule has 0 bridgehead atoms. The molecule has 1 aromatic heterocycles. The molecule has 0 atom stereocenters. The maximum atomic E-state index is 11.5. The number of hydrogen-bond donors (Lipinski definition) is 2. The summed E-state index contributed by atoms with van der Waals surface area (Å²) in [7, 11) is 1.93. The highest BCUT2D eigenvalue weighted by molar-refractivity contribution is 5.80. The summed E-state index contributed by atoms with van der Waals surface area (Å²) < 4.78 is 1.44. The molecule has 0 radical (unpaired) electrons. The van der Waals surface area contributed by atoms with E-state index in [2.05, 4.69) is 15.3 Å². The molecule has 6 heteroatoms. The maximum absolute atomic E-state index is 11.5. The summed E-state index contributed by atoms with van der Waals surface area (Å²) in [5.41, 5.74) is 7.47. The molecule has 0 aromatic carbocycles. The summed E-state index contributed by atoms with van der Waals surface area (Å²) in [6.07, 6.45) is 1.77.